The number of alkyl halides is 3. The lowest BCUT2D eigenvalue weighted by molar-refractivity contribution is -0.274. The molecule has 2 heterocycles. The number of carbonyl (C=O) groups is 1. The minimum Gasteiger partial charge on any atom is -0.406 e. The molecule has 4 rings (SSSR count). The van der Waals surface area contributed by atoms with E-state index in [0.29, 0.717) is 52.8 Å². The van der Waals surface area contributed by atoms with E-state index in [-0.39, 0.29) is 24.1 Å². The van der Waals surface area contributed by atoms with Crippen molar-refractivity contribution in [3.8, 4) is 11.8 Å². The normalized spacial score (nSPS) is 14.3. The predicted molar refractivity (Wildman–Crippen MR) is 124 cm³/mol. The molecule has 1 aliphatic rings. The molecular weight excluding hydrogens is 493 g/mol. The molecule has 0 radical (unpaired) electrons. The molecular formula is C22H20ClF3N4O3S. The van der Waals surface area contributed by atoms with Gasteiger partial charge in [-0.1, -0.05) is 11.3 Å². The van der Waals surface area contributed by atoms with Gasteiger partial charge in [0.1, 0.15) is 5.75 Å². The number of hydrogen-bond donors (Lipinski definition) is 0. The van der Waals surface area contributed by atoms with E-state index in [4.69, 9.17) is 10.00 Å². The largest absolute Gasteiger partial charge is 0.573 e. The van der Waals surface area contributed by atoms with Crippen molar-refractivity contribution in [1.82, 2.24) is 9.88 Å². The van der Waals surface area contributed by atoms with Gasteiger partial charge in [0, 0.05) is 37.8 Å². The standard InChI is InChI=1S/C22H19F3N4O3S.ClH/c23-22(24,25)32-17-5-6-18-19(13-17)33-21(27-18)29(8-7-28-9-11-31-12-10-28)20(30)16-3-1-15(14-26)2-4-16;/h1-6,13H,7-12H2;1H. The lowest BCUT2D eigenvalue weighted by Crippen LogP contribution is -2.43. The lowest BCUT2D eigenvalue weighted by atomic mass is 10.1. The number of nitrogens with zero attached hydrogens (tertiary/aromatic N) is 4. The molecule has 0 aliphatic carbocycles. The van der Waals surface area contributed by atoms with Gasteiger partial charge in [0.2, 0.25) is 0 Å². The zero-order chi connectivity index (χ0) is 23.4. The summed E-state index contributed by atoms with van der Waals surface area (Å²) in [7, 11) is 0. The Bertz CT molecular complexity index is 1170. The van der Waals surface area contributed by atoms with Crippen LogP contribution in [0.1, 0.15) is 15.9 Å². The number of rotatable bonds is 6. The number of hydrogen-bond acceptors (Lipinski definition) is 7. The van der Waals surface area contributed by atoms with E-state index in [0.717, 1.165) is 24.4 Å². The molecule has 0 spiro atoms. The molecule has 180 valence electrons. The van der Waals surface area contributed by atoms with Crippen molar-refractivity contribution in [2.24, 2.45) is 0 Å². The second-order valence-electron chi connectivity index (χ2n) is 7.27. The van der Waals surface area contributed by atoms with E-state index >= 15 is 0 Å². The summed E-state index contributed by atoms with van der Waals surface area (Å²) >= 11 is 1.11. The Kier molecular flexibility index (Phi) is 8.33. The Balaban J connectivity index is 0.00000324. The average Bonchev–Trinajstić information content (AvgIpc) is 3.21. The second-order valence-corrected chi connectivity index (χ2v) is 8.28. The van der Waals surface area contributed by atoms with Crippen LogP contribution >= 0.6 is 23.7 Å². The summed E-state index contributed by atoms with van der Waals surface area (Å²) in [6.45, 7) is 3.65. The van der Waals surface area contributed by atoms with Crippen LogP contribution in [0, 0.1) is 11.3 Å². The number of carbonyl (C=O) groups excluding carboxylic acids is 1. The van der Waals surface area contributed by atoms with E-state index in [2.05, 4.69) is 14.6 Å². The van der Waals surface area contributed by atoms with Crippen molar-refractivity contribution in [3.05, 3.63) is 53.6 Å². The number of halogens is 4. The number of anilines is 1. The molecule has 0 bridgehead atoms. The minimum absolute atomic E-state index is 0. The highest BCUT2D eigenvalue weighted by Crippen LogP contribution is 2.34. The minimum atomic E-state index is -4.79. The summed E-state index contributed by atoms with van der Waals surface area (Å²) in [4.78, 5) is 21.5. The van der Waals surface area contributed by atoms with Crippen LogP contribution in [0.4, 0.5) is 18.3 Å². The van der Waals surface area contributed by atoms with Crippen molar-refractivity contribution in [3.63, 3.8) is 0 Å². The van der Waals surface area contributed by atoms with E-state index < -0.39 is 6.36 Å². The van der Waals surface area contributed by atoms with Gasteiger partial charge in [0.15, 0.2) is 5.13 Å². The maximum atomic E-state index is 13.3. The highest BCUT2D eigenvalue weighted by molar-refractivity contribution is 7.22. The summed E-state index contributed by atoms with van der Waals surface area (Å²) < 4.78 is 47.6. The van der Waals surface area contributed by atoms with E-state index in [1.54, 1.807) is 24.3 Å². The summed E-state index contributed by atoms with van der Waals surface area (Å²) in [6, 6.07) is 12.2. The van der Waals surface area contributed by atoms with Crippen molar-refractivity contribution < 1.29 is 27.4 Å². The van der Waals surface area contributed by atoms with Gasteiger partial charge in [0.05, 0.1) is 35.1 Å². The van der Waals surface area contributed by atoms with Crippen LogP contribution < -0.4 is 9.64 Å². The third kappa shape index (κ3) is 6.36. The van der Waals surface area contributed by atoms with Gasteiger partial charge < -0.3 is 9.47 Å². The van der Waals surface area contributed by atoms with Crippen LogP contribution in [0.3, 0.4) is 0 Å². The molecule has 0 saturated carbocycles. The fourth-order valence-electron chi connectivity index (χ4n) is 3.40. The molecule has 1 saturated heterocycles. The Morgan fingerprint density at radius 3 is 2.56 bits per heavy atom. The number of thiazole rings is 1. The van der Waals surface area contributed by atoms with Gasteiger partial charge in [-0.05, 0) is 36.4 Å². The molecule has 1 amide bonds. The van der Waals surface area contributed by atoms with Gasteiger partial charge in [-0.2, -0.15) is 5.26 Å². The summed E-state index contributed by atoms with van der Waals surface area (Å²) in [5, 5.41) is 9.38. The van der Waals surface area contributed by atoms with Gasteiger partial charge in [-0.15, -0.1) is 25.6 Å². The molecule has 7 nitrogen and oxygen atoms in total. The highest BCUT2D eigenvalue weighted by Gasteiger charge is 2.31. The molecule has 1 aromatic heterocycles. The molecule has 0 unspecified atom stereocenters. The first-order valence-electron chi connectivity index (χ1n) is 10.1. The van der Waals surface area contributed by atoms with Crippen molar-refractivity contribution in [2.75, 3.05) is 44.3 Å². The topological polar surface area (TPSA) is 78.7 Å². The Labute approximate surface area is 203 Å². The number of ether oxygens (including phenoxy) is 2. The van der Waals surface area contributed by atoms with Gasteiger partial charge in [0.25, 0.3) is 5.91 Å². The van der Waals surface area contributed by atoms with Crippen LogP contribution in [-0.2, 0) is 4.74 Å². The number of amides is 1. The van der Waals surface area contributed by atoms with Crippen molar-refractivity contribution in [2.45, 2.75) is 6.36 Å². The molecule has 12 heteroatoms. The van der Waals surface area contributed by atoms with Crippen LogP contribution in [0.25, 0.3) is 10.2 Å². The summed E-state index contributed by atoms with van der Waals surface area (Å²) in [5.74, 6) is -0.651. The molecule has 1 aliphatic heterocycles. The number of aromatic nitrogens is 1. The fraction of sp³-hybridized carbons (Fsp3) is 0.318. The van der Waals surface area contributed by atoms with E-state index in [1.807, 2.05) is 6.07 Å². The van der Waals surface area contributed by atoms with Gasteiger partial charge >= 0.3 is 6.36 Å². The molecule has 2 aromatic carbocycles. The first kappa shape index (κ1) is 25.7. The predicted octanol–water partition coefficient (Wildman–Crippen LogP) is 4.47. The Hall–Kier alpha value is -2.91. The molecule has 3 aromatic rings. The molecule has 1 fully saturated rings. The van der Waals surface area contributed by atoms with Crippen molar-refractivity contribution >= 4 is 45.0 Å². The van der Waals surface area contributed by atoms with Crippen LogP contribution in [0.5, 0.6) is 5.75 Å². The maximum Gasteiger partial charge on any atom is 0.573 e. The summed E-state index contributed by atoms with van der Waals surface area (Å²) in [6.07, 6.45) is -4.79. The second kappa shape index (κ2) is 11.0. The SMILES string of the molecule is Cl.N#Cc1ccc(C(=O)N(CCN2CCOCC2)c2nc3ccc(OC(F)(F)F)cc3s2)cc1. The van der Waals surface area contributed by atoms with Gasteiger partial charge in [-0.3, -0.25) is 14.6 Å². The van der Waals surface area contributed by atoms with Crippen molar-refractivity contribution in [1.29, 1.82) is 5.26 Å². The first-order chi connectivity index (χ1) is 15.8. The Morgan fingerprint density at radius 1 is 1.21 bits per heavy atom. The zero-order valence-corrected chi connectivity index (χ0v) is 19.4. The van der Waals surface area contributed by atoms with Crippen LogP contribution in [0.2, 0.25) is 0 Å². The van der Waals surface area contributed by atoms with Gasteiger partial charge in [-0.25, -0.2) is 4.98 Å². The zero-order valence-electron chi connectivity index (χ0n) is 17.7. The average molecular weight is 513 g/mol. The number of fused-ring (bicyclic) bond motifs is 1. The lowest BCUT2D eigenvalue weighted by Gasteiger charge is -2.29. The molecule has 34 heavy (non-hydrogen) atoms. The highest BCUT2D eigenvalue weighted by atomic mass is 35.5. The number of morpholine rings is 1. The number of nitriles is 1. The Morgan fingerprint density at radius 2 is 1.91 bits per heavy atom. The van der Waals surface area contributed by atoms with Crippen LogP contribution in [-0.4, -0.2) is 61.5 Å². The third-order valence-electron chi connectivity index (χ3n) is 5.06. The quantitative estimate of drug-likeness (QED) is 0.485. The third-order valence-corrected chi connectivity index (χ3v) is 6.10. The number of benzene rings is 2. The first-order valence-corrected chi connectivity index (χ1v) is 10.9. The fourth-order valence-corrected chi connectivity index (χ4v) is 4.42. The van der Waals surface area contributed by atoms with E-state index in [9.17, 15) is 18.0 Å². The van der Waals surface area contributed by atoms with E-state index in [1.165, 1.54) is 23.1 Å². The molecule has 0 N–H and O–H groups in total. The monoisotopic (exact) mass is 512 g/mol. The summed E-state index contributed by atoms with van der Waals surface area (Å²) in [5.41, 5.74) is 1.29. The van der Waals surface area contributed by atoms with Crippen LogP contribution in [0.15, 0.2) is 42.5 Å². The maximum absolute atomic E-state index is 13.3. The molecule has 0 atom stereocenters. The smallest absolute Gasteiger partial charge is 0.406 e.